The van der Waals surface area contributed by atoms with Gasteiger partial charge in [-0.15, -0.1) is 0 Å². The van der Waals surface area contributed by atoms with Crippen LogP contribution in [0.5, 0.6) is 0 Å². The van der Waals surface area contributed by atoms with Gasteiger partial charge in [-0.1, -0.05) is 0 Å². The van der Waals surface area contributed by atoms with E-state index in [2.05, 4.69) is 20.6 Å². The number of aromatic amines is 1. The molecule has 0 saturated carbocycles. The van der Waals surface area contributed by atoms with Crippen LogP contribution in [-0.4, -0.2) is 92.0 Å². The molecule has 4 atom stereocenters. The van der Waals surface area contributed by atoms with Crippen LogP contribution in [0.2, 0.25) is 0 Å². The summed E-state index contributed by atoms with van der Waals surface area (Å²) < 4.78 is 0. The predicted octanol–water partition coefficient (Wildman–Crippen LogP) is -1.68. The molecule has 1 aliphatic rings. The third-order valence-electron chi connectivity index (χ3n) is 5.99. The van der Waals surface area contributed by atoms with Gasteiger partial charge in [-0.25, -0.2) is 9.78 Å². The molecule has 0 aliphatic carbocycles. The van der Waals surface area contributed by atoms with E-state index in [1.54, 1.807) is 0 Å². The maximum Gasteiger partial charge on any atom is 0.326 e. The average Bonchev–Trinajstić information content (AvgIpc) is 3.52. The smallest absolute Gasteiger partial charge is 0.326 e. The van der Waals surface area contributed by atoms with Crippen LogP contribution in [0.3, 0.4) is 0 Å². The lowest BCUT2D eigenvalue weighted by Gasteiger charge is -2.29. The molecule has 9 N–H and O–H groups in total. The van der Waals surface area contributed by atoms with E-state index in [0.29, 0.717) is 37.9 Å². The molecule has 0 bridgehead atoms. The molecule has 2 heterocycles. The van der Waals surface area contributed by atoms with Crippen LogP contribution in [0.25, 0.3) is 0 Å². The Morgan fingerprint density at radius 1 is 1.11 bits per heavy atom. The van der Waals surface area contributed by atoms with Gasteiger partial charge in [0.1, 0.15) is 18.1 Å². The summed E-state index contributed by atoms with van der Waals surface area (Å²) in [4.78, 5) is 69.5. The summed E-state index contributed by atoms with van der Waals surface area (Å²) in [5, 5.41) is 23.6. The van der Waals surface area contributed by atoms with Crippen molar-refractivity contribution >= 4 is 29.7 Å². The Morgan fingerprint density at radius 3 is 2.44 bits per heavy atom. The van der Waals surface area contributed by atoms with Crippen molar-refractivity contribution in [1.82, 2.24) is 25.5 Å². The van der Waals surface area contributed by atoms with Crippen molar-refractivity contribution in [2.75, 3.05) is 13.1 Å². The van der Waals surface area contributed by atoms with E-state index < -0.39 is 60.2 Å². The SMILES string of the molecule is NCCCCC(NC(=O)C(CCC(=O)O)NC(=O)C(N)Cc1cnc[nH]1)C(=O)N1CCCC1C(=O)O. The number of nitrogens with one attached hydrogen (secondary N) is 3. The van der Waals surface area contributed by atoms with E-state index in [1.807, 2.05) is 0 Å². The van der Waals surface area contributed by atoms with Crippen molar-refractivity contribution in [3.63, 3.8) is 0 Å². The molecule has 0 spiro atoms. The minimum Gasteiger partial charge on any atom is -0.481 e. The van der Waals surface area contributed by atoms with Crippen LogP contribution in [0.1, 0.15) is 50.6 Å². The van der Waals surface area contributed by atoms with Crippen molar-refractivity contribution < 1.29 is 34.2 Å². The fourth-order valence-electron chi connectivity index (χ4n) is 4.05. The fraction of sp³-hybridized carbons (Fsp3) is 0.636. The van der Waals surface area contributed by atoms with Crippen LogP contribution in [0.4, 0.5) is 0 Å². The number of likely N-dealkylation sites (tertiary alicyclic amines) is 1. The van der Waals surface area contributed by atoms with E-state index in [-0.39, 0.29) is 25.8 Å². The maximum atomic E-state index is 13.2. The Balaban J connectivity index is 2.13. The number of imidazole rings is 1. The Bertz CT molecular complexity index is 909. The number of carboxylic acid groups (broad SMARTS) is 2. The highest BCUT2D eigenvalue weighted by atomic mass is 16.4. The summed E-state index contributed by atoms with van der Waals surface area (Å²) >= 11 is 0. The average molecular weight is 510 g/mol. The number of H-pyrrole nitrogens is 1. The standard InChI is InChI=1S/C22H35N7O7/c23-8-2-1-4-16(21(34)29-9-3-5-17(29)22(35)36)28-20(33)15(6-7-18(30)31)27-19(32)14(24)10-13-11-25-12-26-13/h11-12,14-17H,1-10,23-24H2,(H,25,26)(H,27,32)(H,28,33)(H,30,31)(H,35,36). The van der Waals surface area contributed by atoms with Gasteiger partial charge in [0, 0.05) is 31.3 Å². The highest BCUT2D eigenvalue weighted by molar-refractivity contribution is 5.94. The molecule has 200 valence electrons. The molecule has 2 rings (SSSR count). The minimum absolute atomic E-state index is 0.116. The third-order valence-corrected chi connectivity index (χ3v) is 5.99. The highest BCUT2D eigenvalue weighted by Gasteiger charge is 2.38. The lowest BCUT2D eigenvalue weighted by Crippen LogP contribution is -2.57. The molecule has 3 amide bonds. The molecule has 1 aromatic rings. The Kier molecular flexibility index (Phi) is 11.3. The van der Waals surface area contributed by atoms with Crippen molar-refractivity contribution in [2.24, 2.45) is 11.5 Å². The van der Waals surface area contributed by atoms with Gasteiger partial charge in [0.25, 0.3) is 0 Å². The number of hydrogen-bond acceptors (Lipinski definition) is 8. The zero-order valence-electron chi connectivity index (χ0n) is 20.0. The number of aliphatic carboxylic acids is 2. The first-order chi connectivity index (χ1) is 17.1. The summed E-state index contributed by atoms with van der Waals surface area (Å²) in [6.45, 7) is 0.628. The monoisotopic (exact) mass is 509 g/mol. The Labute approximate surface area is 208 Å². The first kappa shape index (κ1) is 28.7. The molecule has 14 heteroatoms. The molecule has 36 heavy (non-hydrogen) atoms. The molecule has 1 fully saturated rings. The second-order valence-corrected chi connectivity index (χ2v) is 8.75. The minimum atomic E-state index is -1.26. The largest absolute Gasteiger partial charge is 0.481 e. The quantitative estimate of drug-likeness (QED) is 0.133. The van der Waals surface area contributed by atoms with Gasteiger partial charge in [-0.3, -0.25) is 19.2 Å². The number of amides is 3. The predicted molar refractivity (Wildman–Crippen MR) is 126 cm³/mol. The van der Waals surface area contributed by atoms with E-state index >= 15 is 0 Å². The molecule has 0 radical (unpaired) electrons. The second kappa shape index (κ2) is 14.1. The van der Waals surface area contributed by atoms with Crippen molar-refractivity contribution in [1.29, 1.82) is 0 Å². The molecule has 1 aliphatic heterocycles. The molecule has 0 aromatic carbocycles. The number of aromatic nitrogens is 2. The fourth-order valence-corrected chi connectivity index (χ4v) is 4.05. The summed E-state index contributed by atoms with van der Waals surface area (Å²) in [7, 11) is 0. The molecular formula is C22H35N7O7. The van der Waals surface area contributed by atoms with E-state index in [4.69, 9.17) is 16.6 Å². The van der Waals surface area contributed by atoms with E-state index in [9.17, 15) is 29.1 Å². The lowest BCUT2D eigenvalue weighted by atomic mass is 10.0. The van der Waals surface area contributed by atoms with Crippen LogP contribution in [0, 0.1) is 0 Å². The van der Waals surface area contributed by atoms with Crippen LogP contribution < -0.4 is 22.1 Å². The normalized spacial score (nSPS) is 17.7. The number of carboxylic acids is 2. The third kappa shape index (κ3) is 8.61. The first-order valence-corrected chi connectivity index (χ1v) is 11.9. The first-order valence-electron chi connectivity index (χ1n) is 11.9. The summed E-state index contributed by atoms with van der Waals surface area (Å²) in [6.07, 6.45) is 4.55. The number of hydrogen-bond donors (Lipinski definition) is 7. The Morgan fingerprint density at radius 2 is 1.83 bits per heavy atom. The van der Waals surface area contributed by atoms with Gasteiger partial charge < -0.3 is 42.2 Å². The summed E-state index contributed by atoms with van der Waals surface area (Å²) in [5.41, 5.74) is 12.1. The van der Waals surface area contributed by atoms with Gasteiger partial charge in [0.05, 0.1) is 12.4 Å². The number of rotatable bonds is 15. The molecule has 1 aromatic heterocycles. The summed E-state index contributed by atoms with van der Waals surface area (Å²) in [6, 6.07) is -4.32. The van der Waals surface area contributed by atoms with Crippen molar-refractivity contribution in [3.05, 3.63) is 18.2 Å². The van der Waals surface area contributed by atoms with Gasteiger partial charge in [-0.2, -0.15) is 0 Å². The van der Waals surface area contributed by atoms with Gasteiger partial charge in [0.2, 0.25) is 17.7 Å². The highest BCUT2D eigenvalue weighted by Crippen LogP contribution is 2.20. The summed E-state index contributed by atoms with van der Waals surface area (Å²) in [5.74, 6) is -4.25. The van der Waals surface area contributed by atoms with E-state index in [1.165, 1.54) is 17.4 Å². The topological polar surface area (TPSA) is 234 Å². The van der Waals surface area contributed by atoms with Crippen LogP contribution in [-0.2, 0) is 30.4 Å². The maximum absolute atomic E-state index is 13.2. The number of nitrogens with zero attached hydrogens (tertiary/aromatic N) is 2. The van der Waals surface area contributed by atoms with E-state index in [0.717, 1.165) is 0 Å². The second-order valence-electron chi connectivity index (χ2n) is 8.75. The lowest BCUT2D eigenvalue weighted by molar-refractivity contribution is -0.149. The number of carbonyl (C=O) groups is 5. The van der Waals surface area contributed by atoms with Gasteiger partial charge in [-0.05, 0) is 45.1 Å². The molecule has 4 unspecified atom stereocenters. The number of unbranched alkanes of at least 4 members (excludes halogenated alkanes) is 1. The Hall–Kier alpha value is -3.52. The van der Waals surface area contributed by atoms with Crippen molar-refractivity contribution in [3.8, 4) is 0 Å². The van der Waals surface area contributed by atoms with Crippen LogP contribution >= 0.6 is 0 Å². The van der Waals surface area contributed by atoms with Crippen LogP contribution in [0.15, 0.2) is 12.5 Å². The zero-order valence-corrected chi connectivity index (χ0v) is 20.0. The van der Waals surface area contributed by atoms with Gasteiger partial charge >= 0.3 is 11.9 Å². The molecule has 14 nitrogen and oxygen atoms in total. The van der Waals surface area contributed by atoms with Gasteiger partial charge in [0.15, 0.2) is 0 Å². The molecule has 1 saturated heterocycles. The number of carbonyl (C=O) groups excluding carboxylic acids is 3. The zero-order chi connectivity index (χ0) is 26.7. The molecular weight excluding hydrogens is 474 g/mol. The number of nitrogens with two attached hydrogens (primary N) is 2. The van der Waals surface area contributed by atoms with Crippen molar-refractivity contribution in [2.45, 2.75) is 75.5 Å².